The lowest BCUT2D eigenvalue weighted by atomic mass is 9.80. The van der Waals surface area contributed by atoms with E-state index in [0.29, 0.717) is 17.5 Å². The van der Waals surface area contributed by atoms with Crippen LogP contribution in [0.5, 0.6) is 0 Å². The number of aromatic nitrogens is 3. The number of carbonyl (C=O) groups excluding carboxylic acids is 1. The third-order valence-electron chi connectivity index (χ3n) is 5.27. The van der Waals surface area contributed by atoms with Gasteiger partial charge in [0.1, 0.15) is 5.65 Å². The summed E-state index contributed by atoms with van der Waals surface area (Å²) in [6.45, 7) is 4.49. The lowest BCUT2D eigenvalue weighted by molar-refractivity contribution is 0.0526. The first kappa shape index (κ1) is 17.2. The molecule has 0 bridgehead atoms. The van der Waals surface area contributed by atoms with Gasteiger partial charge in [-0.2, -0.15) is 0 Å². The van der Waals surface area contributed by atoms with Crippen LogP contribution in [0.15, 0.2) is 23.8 Å². The van der Waals surface area contributed by atoms with Crippen LogP contribution in [0.1, 0.15) is 60.8 Å². The van der Waals surface area contributed by atoms with E-state index in [9.17, 15) is 4.79 Å². The third kappa shape index (κ3) is 3.26. The number of nitrogens with one attached hydrogen (secondary N) is 1. The highest BCUT2D eigenvalue weighted by Crippen LogP contribution is 2.37. The van der Waals surface area contributed by atoms with Gasteiger partial charge in [-0.15, -0.1) is 11.3 Å². The highest BCUT2D eigenvalue weighted by atomic mass is 32.1. The molecule has 0 radical (unpaired) electrons. The summed E-state index contributed by atoms with van der Waals surface area (Å²) in [5.74, 6) is 1.07. The monoisotopic (exact) mass is 369 g/mol. The molecule has 0 atom stereocenters. The van der Waals surface area contributed by atoms with Gasteiger partial charge in [-0.25, -0.2) is 14.8 Å². The van der Waals surface area contributed by atoms with Gasteiger partial charge in [0.05, 0.1) is 12.3 Å². The Morgan fingerprint density at radius 1 is 1.35 bits per heavy atom. The van der Waals surface area contributed by atoms with Crippen molar-refractivity contribution in [1.82, 2.24) is 15.0 Å². The number of pyridine rings is 1. The average Bonchev–Trinajstić information content (AvgIpc) is 3.29. The second kappa shape index (κ2) is 7.19. The minimum absolute atomic E-state index is 0.355. The molecule has 1 aliphatic rings. The highest BCUT2D eigenvalue weighted by Gasteiger charge is 2.21. The summed E-state index contributed by atoms with van der Waals surface area (Å²) in [5, 5.41) is 3.37. The van der Waals surface area contributed by atoms with E-state index in [-0.39, 0.29) is 5.97 Å². The van der Waals surface area contributed by atoms with Gasteiger partial charge in [-0.05, 0) is 43.2 Å². The van der Waals surface area contributed by atoms with E-state index in [4.69, 9.17) is 4.74 Å². The zero-order valence-electron chi connectivity index (χ0n) is 15.1. The summed E-state index contributed by atoms with van der Waals surface area (Å²) >= 11 is 1.32. The number of H-pyrrole nitrogens is 1. The molecule has 0 saturated heterocycles. The van der Waals surface area contributed by atoms with Crippen molar-refractivity contribution >= 4 is 28.3 Å². The summed E-state index contributed by atoms with van der Waals surface area (Å²) in [5.41, 5.74) is 3.95. The number of aromatic amines is 1. The quantitative estimate of drug-likeness (QED) is 0.645. The van der Waals surface area contributed by atoms with Gasteiger partial charge >= 0.3 is 5.97 Å². The zero-order chi connectivity index (χ0) is 18.1. The Bertz CT molecular complexity index is 922. The number of nitrogens with zero attached hydrogens (tertiary/aromatic N) is 2. The van der Waals surface area contributed by atoms with E-state index in [1.165, 1.54) is 42.6 Å². The maximum Gasteiger partial charge on any atom is 0.367 e. The molecule has 6 heteroatoms. The Labute approximate surface area is 156 Å². The molecule has 136 valence electrons. The fourth-order valence-electron chi connectivity index (χ4n) is 3.73. The third-order valence-corrected chi connectivity index (χ3v) is 6.09. The summed E-state index contributed by atoms with van der Waals surface area (Å²) in [4.78, 5) is 24.2. The van der Waals surface area contributed by atoms with E-state index in [2.05, 4.69) is 27.9 Å². The molecular formula is C20H23N3O2S. The summed E-state index contributed by atoms with van der Waals surface area (Å²) in [6, 6.07) is 2.25. The predicted octanol–water partition coefficient (Wildman–Crippen LogP) is 5.16. The van der Waals surface area contributed by atoms with Crippen molar-refractivity contribution in [3.63, 3.8) is 0 Å². The second-order valence-corrected chi connectivity index (χ2v) is 7.94. The van der Waals surface area contributed by atoms with Crippen LogP contribution >= 0.6 is 11.3 Å². The summed E-state index contributed by atoms with van der Waals surface area (Å²) in [7, 11) is 0. The smallest absolute Gasteiger partial charge is 0.367 e. The van der Waals surface area contributed by atoms with Crippen molar-refractivity contribution in [1.29, 1.82) is 0 Å². The van der Waals surface area contributed by atoms with Gasteiger partial charge in [-0.1, -0.05) is 19.8 Å². The van der Waals surface area contributed by atoms with Gasteiger partial charge in [0.25, 0.3) is 0 Å². The maximum absolute atomic E-state index is 11.9. The fraction of sp³-hybridized carbons (Fsp3) is 0.450. The van der Waals surface area contributed by atoms with Gasteiger partial charge in [-0.3, -0.25) is 0 Å². The van der Waals surface area contributed by atoms with Crippen LogP contribution in [-0.4, -0.2) is 27.5 Å². The molecule has 3 aromatic rings. The first-order valence-corrected chi connectivity index (χ1v) is 10.1. The number of rotatable bonds is 4. The fourth-order valence-corrected chi connectivity index (χ4v) is 4.44. The minimum Gasteiger partial charge on any atom is -0.461 e. The molecule has 0 unspecified atom stereocenters. The first-order chi connectivity index (χ1) is 12.7. The van der Waals surface area contributed by atoms with Crippen molar-refractivity contribution in [3.05, 3.63) is 34.4 Å². The average molecular weight is 369 g/mol. The largest absolute Gasteiger partial charge is 0.461 e. The van der Waals surface area contributed by atoms with E-state index in [1.54, 1.807) is 6.92 Å². The predicted molar refractivity (Wildman–Crippen MR) is 104 cm³/mol. The molecule has 1 saturated carbocycles. The number of esters is 1. The van der Waals surface area contributed by atoms with Crippen molar-refractivity contribution in [2.24, 2.45) is 5.92 Å². The standard InChI is InChI=1S/C20H23N3O2S/c1-3-25-20(24)19-23-17(11-26-19)16-10-22-18-15(16)8-14(9-21-18)13-6-4-12(2)5-7-13/h8-13H,3-7H2,1-2H3,(H,21,22). The van der Waals surface area contributed by atoms with Crippen molar-refractivity contribution < 1.29 is 9.53 Å². The second-order valence-electron chi connectivity index (χ2n) is 7.08. The van der Waals surface area contributed by atoms with Crippen LogP contribution in [0.3, 0.4) is 0 Å². The number of hydrogen-bond acceptors (Lipinski definition) is 5. The van der Waals surface area contributed by atoms with Gasteiger partial charge < -0.3 is 9.72 Å². The van der Waals surface area contributed by atoms with Crippen LogP contribution in [0.25, 0.3) is 22.3 Å². The van der Waals surface area contributed by atoms with Crippen LogP contribution in [0.4, 0.5) is 0 Å². The molecule has 0 amide bonds. The minimum atomic E-state index is -0.362. The number of carbonyl (C=O) groups is 1. The molecule has 1 fully saturated rings. The van der Waals surface area contributed by atoms with Gasteiger partial charge in [0, 0.05) is 28.7 Å². The molecule has 1 aliphatic carbocycles. The first-order valence-electron chi connectivity index (χ1n) is 9.25. The molecule has 1 N–H and O–H groups in total. The number of thiazole rings is 1. The van der Waals surface area contributed by atoms with E-state index in [0.717, 1.165) is 28.2 Å². The molecule has 26 heavy (non-hydrogen) atoms. The molecular weight excluding hydrogens is 346 g/mol. The normalized spacial score (nSPS) is 20.4. The Balaban J connectivity index is 1.66. The van der Waals surface area contributed by atoms with Crippen LogP contribution in [0.2, 0.25) is 0 Å². The molecule has 5 nitrogen and oxygen atoms in total. The molecule has 0 spiro atoms. The SMILES string of the molecule is CCOC(=O)c1nc(-c2c[nH]c3ncc(C4CCC(C)CC4)cc23)cs1. The molecule has 3 aromatic heterocycles. The van der Waals surface area contributed by atoms with Gasteiger partial charge in [0.2, 0.25) is 5.01 Å². The van der Waals surface area contributed by atoms with Gasteiger partial charge in [0.15, 0.2) is 0 Å². The summed E-state index contributed by atoms with van der Waals surface area (Å²) < 4.78 is 5.04. The lowest BCUT2D eigenvalue weighted by Crippen LogP contribution is -2.10. The molecule has 0 aliphatic heterocycles. The zero-order valence-corrected chi connectivity index (χ0v) is 15.9. The topological polar surface area (TPSA) is 67.9 Å². The Kier molecular flexibility index (Phi) is 4.76. The highest BCUT2D eigenvalue weighted by molar-refractivity contribution is 7.11. The van der Waals surface area contributed by atoms with Crippen LogP contribution in [0, 0.1) is 5.92 Å². The van der Waals surface area contributed by atoms with E-state index < -0.39 is 0 Å². The molecule has 4 rings (SSSR count). The van der Waals surface area contributed by atoms with Crippen LogP contribution in [-0.2, 0) is 4.74 Å². The Morgan fingerprint density at radius 3 is 2.92 bits per heavy atom. The van der Waals surface area contributed by atoms with Crippen molar-refractivity contribution in [3.8, 4) is 11.3 Å². The molecule has 0 aromatic carbocycles. The molecule has 3 heterocycles. The maximum atomic E-state index is 11.9. The number of ether oxygens (including phenoxy) is 1. The lowest BCUT2D eigenvalue weighted by Gasteiger charge is -2.26. The van der Waals surface area contributed by atoms with Crippen LogP contribution < -0.4 is 0 Å². The Morgan fingerprint density at radius 2 is 2.15 bits per heavy atom. The van der Waals surface area contributed by atoms with E-state index >= 15 is 0 Å². The summed E-state index contributed by atoms with van der Waals surface area (Å²) in [6.07, 6.45) is 8.98. The number of hydrogen-bond donors (Lipinski definition) is 1. The van der Waals surface area contributed by atoms with Crippen molar-refractivity contribution in [2.75, 3.05) is 6.61 Å². The Hall–Kier alpha value is -2.21. The van der Waals surface area contributed by atoms with Crippen molar-refractivity contribution in [2.45, 2.75) is 45.4 Å². The number of fused-ring (bicyclic) bond motifs is 1. The van der Waals surface area contributed by atoms with E-state index in [1.807, 2.05) is 17.8 Å².